The van der Waals surface area contributed by atoms with Crippen molar-refractivity contribution in [2.45, 2.75) is 6.92 Å². The summed E-state index contributed by atoms with van der Waals surface area (Å²) in [5, 5.41) is 1.18. The van der Waals surface area contributed by atoms with Crippen LogP contribution >= 0.6 is 0 Å². The summed E-state index contributed by atoms with van der Waals surface area (Å²) in [6.45, 7) is 2.15. The van der Waals surface area contributed by atoms with Crippen molar-refractivity contribution in [2.24, 2.45) is 0 Å². The Balaban J connectivity index is 1.30. The van der Waals surface area contributed by atoms with Gasteiger partial charge in [-0.2, -0.15) is 0 Å². The molecule has 210 valence electrons. The van der Waals surface area contributed by atoms with Gasteiger partial charge < -0.3 is 4.57 Å². The third-order valence-electron chi connectivity index (χ3n) is 7.81. The van der Waals surface area contributed by atoms with Crippen molar-refractivity contribution in [1.29, 1.82) is 0 Å². The highest BCUT2D eigenvalue weighted by Crippen LogP contribution is 2.31. The van der Waals surface area contributed by atoms with E-state index in [1.807, 2.05) is 36.4 Å². The van der Waals surface area contributed by atoms with E-state index in [0.29, 0.717) is 5.82 Å². The van der Waals surface area contributed by atoms with Crippen molar-refractivity contribution >= 4 is 10.9 Å². The molecule has 44 heavy (non-hydrogen) atoms. The van der Waals surface area contributed by atoms with Gasteiger partial charge in [0.25, 0.3) is 0 Å². The SMILES string of the molecule is Cc1cccccc2ccccc2n1-c1ccc(-c2cccc(-c3cc(-c4ccccc4)nc(-c4ccccc4)n3)c2)cc1. The normalized spacial score (nSPS) is 10.8. The number of hydrogen-bond donors (Lipinski definition) is 0. The number of nitrogens with zero attached hydrogens (tertiary/aromatic N) is 3. The molecule has 0 spiro atoms. The average molecular weight is 566 g/mol. The maximum absolute atomic E-state index is 5.03. The molecule has 0 saturated carbocycles. The highest BCUT2D eigenvalue weighted by molar-refractivity contribution is 5.81. The van der Waals surface area contributed by atoms with Crippen LogP contribution in [-0.2, 0) is 0 Å². The monoisotopic (exact) mass is 565 g/mol. The second-order valence-electron chi connectivity index (χ2n) is 10.8. The van der Waals surface area contributed by atoms with Gasteiger partial charge >= 0.3 is 0 Å². The zero-order chi connectivity index (χ0) is 29.7. The molecule has 7 aromatic rings. The average Bonchev–Trinajstić information content (AvgIpc) is 3.17. The fraction of sp³-hybridized carbons (Fsp3) is 0.0244. The minimum Gasteiger partial charge on any atom is -0.314 e. The topological polar surface area (TPSA) is 30.7 Å². The maximum Gasteiger partial charge on any atom is 0.160 e. The molecule has 3 heteroatoms. The minimum atomic E-state index is 0.717. The van der Waals surface area contributed by atoms with Crippen LogP contribution in [0.25, 0.3) is 61.6 Å². The highest BCUT2D eigenvalue weighted by atomic mass is 15.0. The lowest BCUT2D eigenvalue weighted by atomic mass is 10.00. The molecule has 0 N–H and O–H groups in total. The zero-order valence-electron chi connectivity index (χ0n) is 24.5. The fourth-order valence-electron chi connectivity index (χ4n) is 5.59. The lowest BCUT2D eigenvalue weighted by Gasteiger charge is -2.14. The summed E-state index contributed by atoms with van der Waals surface area (Å²) in [7, 11) is 0. The van der Waals surface area contributed by atoms with Crippen molar-refractivity contribution in [3.63, 3.8) is 0 Å². The standard InChI is InChI=1S/C41H31N3/c1-30-14-5-2-8-17-33-18-11-12-23-40(33)44(30)37-26-24-31(25-27-37)35-21-13-22-36(28-35)39-29-38(32-15-6-3-7-16-32)42-41(43-39)34-19-9-4-10-20-34/h2-29H,1H3. The molecule has 0 amide bonds. The van der Waals surface area contributed by atoms with Crippen molar-refractivity contribution in [2.75, 3.05) is 0 Å². The Labute approximate surface area is 258 Å². The molecule has 0 aliphatic carbocycles. The van der Waals surface area contributed by atoms with E-state index >= 15 is 0 Å². The first-order chi connectivity index (χ1) is 21.7. The van der Waals surface area contributed by atoms with Gasteiger partial charge in [0.05, 0.1) is 16.9 Å². The van der Waals surface area contributed by atoms with Gasteiger partial charge in [-0.15, -0.1) is 0 Å². The first-order valence-corrected chi connectivity index (χ1v) is 14.8. The molecule has 0 radical (unpaired) electrons. The van der Waals surface area contributed by atoms with Crippen LogP contribution in [0, 0.1) is 6.92 Å². The number of para-hydroxylation sites is 1. The van der Waals surface area contributed by atoms with Gasteiger partial charge in [0, 0.05) is 28.1 Å². The van der Waals surface area contributed by atoms with E-state index in [1.165, 1.54) is 5.39 Å². The number of aromatic nitrogens is 3. The lowest BCUT2D eigenvalue weighted by Crippen LogP contribution is -1.99. The largest absolute Gasteiger partial charge is 0.314 e. The van der Waals surface area contributed by atoms with Crippen LogP contribution in [0.15, 0.2) is 170 Å². The van der Waals surface area contributed by atoms with Crippen LogP contribution in [0.2, 0.25) is 0 Å². The Kier molecular flexibility index (Phi) is 7.51. The van der Waals surface area contributed by atoms with Gasteiger partial charge in [0.2, 0.25) is 0 Å². The second kappa shape index (κ2) is 12.2. The third-order valence-corrected chi connectivity index (χ3v) is 7.81. The van der Waals surface area contributed by atoms with E-state index in [0.717, 1.165) is 56.1 Å². The van der Waals surface area contributed by atoms with Gasteiger partial charge in [0.1, 0.15) is 0 Å². The van der Waals surface area contributed by atoms with E-state index in [-0.39, 0.29) is 0 Å². The van der Waals surface area contributed by atoms with Crippen molar-refractivity contribution < 1.29 is 0 Å². The predicted octanol–water partition coefficient (Wildman–Crippen LogP) is 10.5. The first kappa shape index (κ1) is 27.1. The van der Waals surface area contributed by atoms with E-state index in [4.69, 9.17) is 9.97 Å². The quantitative estimate of drug-likeness (QED) is 0.208. The molecule has 0 aliphatic heterocycles. The lowest BCUT2D eigenvalue weighted by molar-refractivity contribution is 1.04. The van der Waals surface area contributed by atoms with E-state index in [2.05, 4.69) is 145 Å². The zero-order valence-corrected chi connectivity index (χ0v) is 24.5. The van der Waals surface area contributed by atoms with Crippen molar-refractivity contribution in [1.82, 2.24) is 14.5 Å². The number of fused-ring (bicyclic) bond motifs is 1. The van der Waals surface area contributed by atoms with Gasteiger partial charge in [-0.3, -0.25) is 0 Å². The Morgan fingerprint density at radius 3 is 1.68 bits per heavy atom. The number of hydrogen-bond acceptors (Lipinski definition) is 2. The molecule has 0 bridgehead atoms. The predicted molar refractivity (Wildman–Crippen MR) is 183 cm³/mol. The smallest absolute Gasteiger partial charge is 0.160 e. The Morgan fingerprint density at radius 1 is 0.409 bits per heavy atom. The molecule has 5 aromatic carbocycles. The van der Waals surface area contributed by atoms with Gasteiger partial charge in [-0.1, -0.05) is 133 Å². The van der Waals surface area contributed by atoms with Gasteiger partial charge in [-0.05, 0) is 59.8 Å². The van der Waals surface area contributed by atoms with E-state index in [9.17, 15) is 0 Å². The van der Waals surface area contributed by atoms with Crippen molar-refractivity contribution in [3.8, 4) is 50.7 Å². The molecule has 3 nitrogen and oxygen atoms in total. The van der Waals surface area contributed by atoms with E-state index in [1.54, 1.807) is 0 Å². The van der Waals surface area contributed by atoms with Gasteiger partial charge in [0.15, 0.2) is 5.82 Å². The molecular formula is C41H31N3. The summed E-state index contributed by atoms with van der Waals surface area (Å²) < 4.78 is 2.31. The van der Waals surface area contributed by atoms with Crippen LogP contribution in [-0.4, -0.2) is 14.5 Å². The second-order valence-corrected chi connectivity index (χ2v) is 10.8. The molecule has 7 rings (SSSR count). The van der Waals surface area contributed by atoms with Crippen LogP contribution in [0.4, 0.5) is 0 Å². The number of benzene rings is 5. The summed E-state index contributed by atoms with van der Waals surface area (Å²) in [4.78, 5) is 9.97. The van der Waals surface area contributed by atoms with Crippen LogP contribution in [0.1, 0.15) is 5.69 Å². The first-order valence-electron chi connectivity index (χ1n) is 14.8. The summed E-state index contributed by atoms with van der Waals surface area (Å²) in [6.07, 6.45) is 0. The Morgan fingerprint density at radius 2 is 0.955 bits per heavy atom. The third kappa shape index (κ3) is 5.64. The molecule has 0 aliphatic rings. The Hall–Kier alpha value is -5.80. The van der Waals surface area contributed by atoms with Crippen molar-refractivity contribution in [3.05, 3.63) is 176 Å². The molecular weight excluding hydrogens is 534 g/mol. The molecule has 2 aromatic heterocycles. The fourth-order valence-corrected chi connectivity index (χ4v) is 5.59. The molecule has 2 heterocycles. The molecule has 0 unspecified atom stereocenters. The van der Waals surface area contributed by atoms with Crippen LogP contribution in [0.5, 0.6) is 0 Å². The molecule has 0 atom stereocenters. The highest BCUT2D eigenvalue weighted by Gasteiger charge is 2.12. The summed E-state index contributed by atoms with van der Waals surface area (Å²) in [5.74, 6) is 0.717. The van der Waals surface area contributed by atoms with E-state index < -0.39 is 0 Å². The maximum atomic E-state index is 5.03. The summed E-state index contributed by atoms with van der Waals surface area (Å²) in [5.41, 5.74) is 10.6. The molecule has 0 saturated heterocycles. The van der Waals surface area contributed by atoms with Gasteiger partial charge in [-0.25, -0.2) is 9.97 Å². The number of aryl methyl sites for hydroxylation is 1. The van der Waals surface area contributed by atoms with Crippen LogP contribution in [0.3, 0.4) is 0 Å². The molecule has 0 fully saturated rings. The summed E-state index contributed by atoms with van der Waals surface area (Å²) in [6, 6.07) is 59.0. The minimum absolute atomic E-state index is 0.717. The Bertz CT molecular complexity index is 2050. The van der Waals surface area contributed by atoms with Crippen LogP contribution < -0.4 is 0 Å². The summed E-state index contributed by atoms with van der Waals surface area (Å²) >= 11 is 0. The number of rotatable bonds is 5.